The van der Waals surface area contributed by atoms with Crippen molar-refractivity contribution in [1.29, 1.82) is 0 Å². The lowest BCUT2D eigenvalue weighted by molar-refractivity contribution is 0.422. The van der Waals surface area contributed by atoms with E-state index in [0.29, 0.717) is 11.5 Å². The van der Waals surface area contributed by atoms with Crippen molar-refractivity contribution in [2.75, 3.05) is 14.1 Å². The van der Waals surface area contributed by atoms with Gasteiger partial charge in [-0.2, -0.15) is 0 Å². The summed E-state index contributed by atoms with van der Waals surface area (Å²) in [5, 5.41) is 20.7. The van der Waals surface area contributed by atoms with E-state index in [1.807, 2.05) is 24.3 Å². The fourth-order valence-corrected chi connectivity index (χ4v) is 4.40. The van der Waals surface area contributed by atoms with Crippen molar-refractivity contribution < 1.29 is 10.2 Å². The molecule has 0 fully saturated rings. The van der Waals surface area contributed by atoms with E-state index < -0.39 is 0 Å². The van der Waals surface area contributed by atoms with Crippen molar-refractivity contribution in [1.82, 2.24) is 0 Å². The van der Waals surface area contributed by atoms with Crippen molar-refractivity contribution in [3.8, 4) is 11.5 Å². The number of halogens is 2. The third-order valence-corrected chi connectivity index (χ3v) is 6.30. The smallest absolute Gasteiger partial charge is 0.123 e. The Hall–Kier alpha value is -1.08. The van der Waals surface area contributed by atoms with Crippen molar-refractivity contribution >= 4 is 31.9 Å². The van der Waals surface area contributed by atoms with Crippen LogP contribution in [0.2, 0.25) is 0 Å². The largest absolute Gasteiger partial charge is 0.507 e. The maximum atomic E-state index is 10.4. The highest BCUT2D eigenvalue weighted by atomic mass is 79.9. The van der Waals surface area contributed by atoms with E-state index in [0.717, 1.165) is 31.2 Å². The first-order chi connectivity index (χ1) is 16.1. The van der Waals surface area contributed by atoms with Gasteiger partial charge < -0.3 is 21.7 Å². The van der Waals surface area contributed by atoms with Crippen LogP contribution in [-0.2, 0) is 21.7 Å². The van der Waals surface area contributed by atoms with Crippen LogP contribution in [0, 0.1) is 0 Å². The number of phenolic OH excluding ortho intramolecular Hbond substituents is 2. The van der Waals surface area contributed by atoms with Crippen LogP contribution in [0.15, 0.2) is 33.2 Å². The Kier molecular flexibility index (Phi) is 14.6. The highest BCUT2D eigenvalue weighted by Crippen LogP contribution is 2.42. The summed E-state index contributed by atoms with van der Waals surface area (Å²) >= 11 is 7.04. The quantitative estimate of drug-likeness (QED) is 0.234. The predicted molar refractivity (Wildman–Crippen MR) is 167 cm³/mol. The Morgan fingerprint density at radius 3 is 0.694 bits per heavy atom. The molecule has 6 N–H and O–H groups in total. The van der Waals surface area contributed by atoms with Gasteiger partial charge in [0.15, 0.2) is 0 Å². The molecule has 6 heteroatoms. The van der Waals surface area contributed by atoms with Crippen molar-refractivity contribution in [2.45, 2.75) is 105 Å². The van der Waals surface area contributed by atoms with Gasteiger partial charge in [-0.25, -0.2) is 0 Å². The van der Waals surface area contributed by atoms with Crippen molar-refractivity contribution in [3.63, 3.8) is 0 Å². The second-order valence-corrected chi connectivity index (χ2v) is 14.5. The molecular weight excluding hydrogens is 580 g/mol. The molecule has 0 unspecified atom stereocenters. The molecule has 0 amide bonds. The zero-order chi connectivity index (χ0) is 29.4. The van der Waals surface area contributed by atoms with Gasteiger partial charge in [0.25, 0.3) is 0 Å². The van der Waals surface area contributed by atoms with Crippen LogP contribution in [0.25, 0.3) is 0 Å². The molecule has 0 atom stereocenters. The fourth-order valence-electron chi connectivity index (χ4n) is 3.49. The van der Waals surface area contributed by atoms with E-state index in [4.69, 9.17) is 0 Å². The van der Waals surface area contributed by atoms with Gasteiger partial charge in [0.1, 0.15) is 11.5 Å². The predicted octanol–water partition coefficient (Wildman–Crippen LogP) is 8.65. The molecule has 0 spiro atoms. The second kappa shape index (κ2) is 14.2. The van der Waals surface area contributed by atoms with Crippen LogP contribution in [0.1, 0.15) is 105 Å². The third-order valence-electron chi connectivity index (χ3n) is 5.38. The number of rotatable bonds is 0. The van der Waals surface area contributed by atoms with Crippen LogP contribution in [-0.4, -0.2) is 24.3 Å². The van der Waals surface area contributed by atoms with Gasteiger partial charge in [-0.3, -0.25) is 0 Å². The Morgan fingerprint density at radius 2 is 0.583 bits per heavy atom. The average molecular weight is 633 g/mol. The Balaban J connectivity index is 0. The molecule has 0 aromatic heterocycles. The summed E-state index contributed by atoms with van der Waals surface area (Å²) in [6.45, 7) is 25.3. The number of phenols is 2. The minimum absolute atomic E-state index is 0.0478. The molecule has 0 radical (unpaired) electrons. The molecule has 0 heterocycles. The van der Waals surface area contributed by atoms with E-state index in [2.05, 4.69) is 126 Å². The molecule has 0 bridgehead atoms. The van der Waals surface area contributed by atoms with Crippen LogP contribution in [0.3, 0.4) is 0 Å². The lowest BCUT2D eigenvalue weighted by Gasteiger charge is -2.27. The summed E-state index contributed by atoms with van der Waals surface area (Å²) in [6, 6.07) is 8.02. The summed E-state index contributed by atoms with van der Waals surface area (Å²) in [7, 11) is 3.00. The van der Waals surface area contributed by atoms with Gasteiger partial charge in [0.05, 0.1) is 0 Å². The molecule has 0 aliphatic rings. The maximum Gasteiger partial charge on any atom is 0.123 e. The minimum Gasteiger partial charge on any atom is -0.507 e. The van der Waals surface area contributed by atoms with Gasteiger partial charge in [0.2, 0.25) is 0 Å². The van der Waals surface area contributed by atoms with E-state index in [1.54, 1.807) is 0 Å². The average Bonchev–Trinajstić information content (AvgIpc) is 2.71. The maximum absolute atomic E-state index is 10.4. The van der Waals surface area contributed by atoms with Crippen LogP contribution in [0.4, 0.5) is 0 Å². The van der Waals surface area contributed by atoms with Crippen LogP contribution >= 0.6 is 31.9 Å². The number of hydrogen-bond donors (Lipinski definition) is 4. The molecule has 4 nitrogen and oxygen atoms in total. The summed E-state index contributed by atoms with van der Waals surface area (Å²) < 4.78 is 2.06. The molecule has 208 valence electrons. The summed E-state index contributed by atoms with van der Waals surface area (Å²) in [4.78, 5) is 0. The molecule has 2 rings (SSSR count). The Labute approximate surface area is 238 Å². The zero-order valence-corrected chi connectivity index (χ0v) is 28.3. The number of aromatic hydroxyl groups is 2. The SMILES string of the molecule is CC(C)(C)c1cc(Br)cc(C(C)(C)C)c1O.CC(C)(C)c1cc(Br)cc(C(C)(C)C)c1O.CN.CN. The molecular formula is C30H52Br2N2O2. The molecule has 0 saturated heterocycles. The molecule has 0 aliphatic carbocycles. The fraction of sp³-hybridized carbons (Fsp3) is 0.600. The summed E-state index contributed by atoms with van der Waals surface area (Å²) in [5.74, 6) is 0.867. The standard InChI is InChI=1S/2C14H21BrO.2CH5N/c2*1-13(2,3)10-7-9(15)8-11(12(10)16)14(4,5)6;2*1-2/h2*7-8,16H,1-6H3;2*2H2,1H3. The first kappa shape index (κ1) is 37.1. The summed E-state index contributed by atoms with van der Waals surface area (Å²) in [6.07, 6.45) is 0. The minimum atomic E-state index is -0.0478. The van der Waals surface area contributed by atoms with Crippen LogP contribution in [0.5, 0.6) is 11.5 Å². The second-order valence-electron chi connectivity index (χ2n) is 12.7. The summed E-state index contributed by atoms with van der Waals surface area (Å²) in [5.41, 5.74) is 12.8. The molecule has 2 aromatic carbocycles. The molecule has 0 saturated carbocycles. The van der Waals surface area contributed by atoms with Gasteiger partial charge >= 0.3 is 0 Å². The normalized spacial score (nSPS) is 11.8. The van der Waals surface area contributed by atoms with Gasteiger partial charge in [0, 0.05) is 31.2 Å². The van der Waals surface area contributed by atoms with Crippen molar-refractivity contribution in [2.24, 2.45) is 11.5 Å². The van der Waals surface area contributed by atoms with E-state index >= 15 is 0 Å². The Bertz CT molecular complexity index is 809. The molecule has 36 heavy (non-hydrogen) atoms. The lowest BCUT2D eigenvalue weighted by Crippen LogP contribution is -2.17. The third kappa shape index (κ3) is 11.1. The zero-order valence-electron chi connectivity index (χ0n) is 25.1. The first-order valence-electron chi connectivity index (χ1n) is 12.3. The van der Waals surface area contributed by atoms with Gasteiger partial charge in [-0.15, -0.1) is 0 Å². The topological polar surface area (TPSA) is 92.5 Å². The highest BCUT2D eigenvalue weighted by Gasteiger charge is 2.27. The van der Waals surface area contributed by atoms with Gasteiger partial charge in [-0.1, -0.05) is 115 Å². The monoisotopic (exact) mass is 630 g/mol. The number of benzene rings is 2. The Morgan fingerprint density at radius 1 is 0.444 bits per heavy atom. The van der Waals surface area contributed by atoms with Gasteiger partial charge in [-0.05, 0) is 60.0 Å². The van der Waals surface area contributed by atoms with Crippen LogP contribution < -0.4 is 11.5 Å². The highest BCUT2D eigenvalue weighted by molar-refractivity contribution is 9.10. The van der Waals surface area contributed by atoms with E-state index in [1.165, 1.54) is 14.1 Å². The number of hydrogen-bond acceptors (Lipinski definition) is 4. The first-order valence-corrected chi connectivity index (χ1v) is 13.9. The lowest BCUT2D eigenvalue weighted by atomic mass is 9.79. The van der Waals surface area contributed by atoms with E-state index in [9.17, 15) is 10.2 Å². The molecule has 0 aliphatic heterocycles. The van der Waals surface area contributed by atoms with Crippen molar-refractivity contribution in [3.05, 3.63) is 55.5 Å². The number of nitrogens with two attached hydrogens (primary N) is 2. The molecule has 2 aromatic rings. The van der Waals surface area contributed by atoms with E-state index in [-0.39, 0.29) is 21.7 Å².